The molecule has 3 aromatic carbocycles. The van der Waals surface area contributed by atoms with Gasteiger partial charge in [0.2, 0.25) is 0 Å². The minimum Gasteiger partial charge on any atom is -0.495 e. The lowest BCUT2D eigenvalue weighted by atomic mass is 10.0. The number of rotatable bonds is 7. The molecule has 1 aliphatic heterocycles. The molecule has 0 aromatic heterocycles. The average molecular weight is 457 g/mol. The van der Waals surface area contributed by atoms with Crippen LogP contribution in [0.1, 0.15) is 30.5 Å². The fourth-order valence-corrected chi connectivity index (χ4v) is 3.86. The molecule has 0 bridgehead atoms. The number of aryl methyl sites for hydroxylation is 2. The summed E-state index contributed by atoms with van der Waals surface area (Å²) in [4.78, 5) is 28.5. The third kappa shape index (κ3) is 4.53. The zero-order valence-corrected chi connectivity index (χ0v) is 20.0. The highest BCUT2D eigenvalue weighted by Gasteiger charge is 2.41. The summed E-state index contributed by atoms with van der Waals surface area (Å²) < 4.78 is 11.2. The largest absolute Gasteiger partial charge is 0.495 e. The van der Waals surface area contributed by atoms with E-state index in [1.165, 1.54) is 12.0 Å². The van der Waals surface area contributed by atoms with Crippen LogP contribution in [0.4, 0.5) is 11.4 Å². The van der Waals surface area contributed by atoms with Crippen molar-refractivity contribution in [1.29, 1.82) is 0 Å². The first-order chi connectivity index (χ1) is 16.3. The Morgan fingerprint density at radius 3 is 2.09 bits per heavy atom. The van der Waals surface area contributed by atoms with E-state index in [1.54, 1.807) is 12.1 Å². The zero-order chi connectivity index (χ0) is 24.4. The number of methoxy groups -OCH3 is 1. The lowest BCUT2D eigenvalue weighted by Gasteiger charge is -2.19. The molecule has 174 valence electrons. The van der Waals surface area contributed by atoms with Crippen LogP contribution in [0.3, 0.4) is 0 Å². The Morgan fingerprint density at radius 2 is 1.47 bits per heavy atom. The molecular formula is C28H28N2O4. The fraction of sp³-hybridized carbons (Fsp3) is 0.214. The smallest absolute Gasteiger partial charge is 0.282 e. The van der Waals surface area contributed by atoms with Gasteiger partial charge in [-0.05, 0) is 75.2 Å². The first-order valence-corrected chi connectivity index (χ1v) is 11.2. The molecule has 0 aliphatic carbocycles. The van der Waals surface area contributed by atoms with Crippen molar-refractivity contribution in [1.82, 2.24) is 0 Å². The third-order valence-corrected chi connectivity index (χ3v) is 5.49. The Kier molecular flexibility index (Phi) is 6.41. The fourth-order valence-electron chi connectivity index (χ4n) is 3.86. The number of hydrogen-bond acceptors (Lipinski definition) is 5. The molecule has 1 heterocycles. The molecule has 0 atom stereocenters. The number of ether oxygens (including phenoxy) is 2. The van der Waals surface area contributed by atoms with Gasteiger partial charge in [0.25, 0.3) is 11.8 Å². The van der Waals surface area contributed by atoms with E-state index in [-0.39, 0.29) is 11.8 Å². The molecule has 6 heteroatoms. The lowest BCUT2D eigenvalue weighted by molar-refractivity contribution is -0.120. The van der Waals surface area contributed by atoms with Gasteiger partial charge in [0.15, 0.2) is 0 Å². The average Bonchev–Trinajstić information content (AvgIpc) is 3.04. The van der Waals surface area contributed by atoms with E-state index in [1.807, 2.05) is 82.3 Å². The summed E-state index contributed by atoms with van der Waals surface area (Å²) in [5, 5.41) is 3.19. The molecule has 1 N–H and O–H groups in total. The number of imide groups is 1. The Morgan fingerprint density at radius 1 is 0.824 bits per heavy atom. The summed E-state index contributed by atoms with van der Waals surface area (Å²) in [6.45, 7) is 7.80. The molecule has 0 radical (unpaired) electrons. The van der Waals surface area contributed by atoms with Gasteiger partial charge in [-0.2, -0.15) is 0 Å². The second kappa shape index (κ2) is 9.43. The molecule has 0 spiro atoms. The van der Waals surface area contributed by atoms with Crippen LogP contribution in [0.15, 0.2) is 72.4 Å². The number of amides is 2. The third-order valence-electron chi connectivity index (χ3n) is 5.49. The second-order valence-corrected chi connectivity index (χ2v) is 8.55. The van der Waals surface area contributed by atoms with Gasteiger partial charge >= 0.3 is 0 Å². The Bertz CT molecular complexity index is 1260. The summed E-state index contributed by atoms with van der Waals surface area (Å²) in [5.41, 5.74) is 4.27. The molecule has 1 aliphatic rings. The van der Waals surface area contributed by atoms with Gasteiger partial charge in [0.05, 0.1) is 24.5 Å². The number of carbonyl (C=O) groups excluding carboxylic acids is 2. The topological polar surface area (TPSA) is 67.9 Å². The number of nitrogens with one attached hydrogen (secondary N) is 1. The lowest BCUT2D eigenvalue weighted by Crippen LogP contribution is -2.32. The molecule has 0 saturated heterocycles. The molecule has 4 rings (SSSR count). The molecule has 2 amide bonds. The van der Waals surface area contributed by atoms with Crippen LogP contribution < -0.4 is 19.7 Å². The Hall–Kier alpha value is -4.06. The van der Waals surface area contributed by atoms with Gasteiger partial charge in [0.1, 0.15) is 17.2 Å². The van der Waals surface area contributed by atoms with Crippen LogP contribution in [-0.4, -0.2) is 25.0 Å². The van der Waals surface area contributed by atoms with E-state index in [9.17, 15) is 9.59 Å². The standard InChI is InChI=1S/C28H28N2O4/c1-17(2)34-22-13-11-21(12-14-22)29-26-25(20-9-6-18(3)7-10-20)27(31)30(28(26)32)23-16-19(4)8-15-24(23)33-5/h6-17,29H,1-5H3. The summed E-state index contributed by atoms with van der Waals surface area (Å²) in [5.74, 6) is 0.340. The van der Waals surface area contributed by atoms with Crippen LogP contribution in [0.5, 0.6) is 11.5 Å². The molecule has 34 heavy (non-hydrogen) atoms. The van der Waals surface area contributed by atoms with Crippen LogP contribution in [0.25, 0.3) is 5.57 Å². The van der Waals surface area contributed by atoms with Crippen molar-refractivity contribution in [2.24, 2.45) is 0 Å². The molecule has 0 saturated carbocycles. The maximum absolute atomic E-state index is 13.7. The van der Waals surface area contributed by atoms with Crippen molar-refractivity contribution < 1.29 is 19.1 Å². The van der Waals surface area contributed by atoms with Gasteiger partial charge in [-0.3, -0.25) is 9.59 Å². The first kappa shape index (κ1) is 23.1. The van der Waals surface area contributed by atoms with E-state index in [0.717, 1.165) is 16.9 Å². The quantitative estimate of drug-likeness (QED) is 0.476. The number of benzene rings is 3. The summed E-state index contributed by atoms with van der Waals surface area (Å²) in [6.07, 6.45) is 0.0570. The molecule has 0 fully saturated rings. The number of anilines is 2. The highest BCUT2D eigenvalue weighted by atomic mass is 16.5. The summed E-state index contributed by atoms with van der Waals surface area (Å²) in [6, 6.07) is 20.3. The predicted molar refractivity (Wildman–Crippen MR) is 134 cm³/mol. The Balaban J connectivity index is 1.78. The van der Waals surface area contributed by atoms with E-state index in [4.69, 9.17) is 9.47 Å². The number of hydrogen-bond donors (Lipinski definition) is 1. The highest BCUT2D eigenvalue weighted by molar-refractivity contribution is 6.46. The minimum absolute atomic E-state index is 0.0570. The normalized spacial score (nSPS) is 13.6. The van der Waals surface area contributed by atoms with Gasteiger partial charge in [-0.25, -0.2) is 4.90 Å². The second-order valence-electron chi connectivity index (χ2n) is 8.55. The maximum Gasteiger partial charge on any atom is 0.282 e. The molecular weight excluding hydrogens is 428 g/mol. The van der Waals surface area contributed by atoms with E-state index in [0.29, 0.717) is 28.3 Å². The number of nitrogens with zero attached hydrogens (tertiary/aromatic N) is 1. The summed E-state index contributed by atoms with van der Waals surface area (Å²) in [7, 11) is 1.52. The Labute approximate surface area is 199 Å². The van der Waals surface area contributed by atoms with Crippen LogP contribution in [-0.2, 0) is 9.59 Å². The minimum atomic E-state index is -0.438. The molecule has 6 nitrogen and oxygen atoms in total. The first-order valence-electron chi connectivity index (χ1n) is 11.2. The van der Waals surface area contributed by atoms with Gasteiger partial charge in [0, 0.05) is 5.69 Å². The van der Waals surface area contributed by atoms with Crippen LogP contribution in [0.2, 0.25) is 0 Å². The van der Waals surface area contributed by atoms with Gasteiger partial charge < -0.3 is 14.8 Å². The highest BCUT2D eigenvalue weighted by Crippen LogP contribution is 2.38. The monoisotopic (exact) mass is 456 g/mol. The van der Waals surface area contributed by atoms with Gasteiger partial charge in [-0.1, -0.05) is 35.9 Å². The van der Waals surface area contributed by atoms with Crippen molar-refractivity contribution in [3.8, 4) is 11.5 Å². The SMILES string of the molecule is COc1ccc(C)cc1N1C(=O)C(Nc2ccc(OC(C)C)cc2)=C(c2ccc(C)cc2)C1=O. The van der Waals surface area contributed by atoms with E-state index in [2.05, 4.69) is 5.32 Å². The zero-order valence-electron chi connectivity index (χ0n) is 20.0. The van der Waals surface area contributed by atoms with Crippen molar-refractivity contribution in [2.75, 3.05) is 17.3 Å². The molecule has 3 aromatic rings. The van der Waals surface area contributed by atoms with Crippen molar-refractivity contribution >= 4 is 28.8 Å². The summed E-state index contributed by atoms with van der Waals surface area (Å²) >= 11 is 0. The van der Waals surface area contributed by atoms with Crippen molar-refractivity contribution in [3.63, 3.8) is 0 Å². The van der Waals surface area contributed by atoms with E-state index >= 15 is 0 Å². The van der Waals surface area contributed by atoms with Crippen molar-refractivity contribution in [3.05, 3.63) is 89.1 Å². The van der Waals surface area contributed by atoms with Crippen molar-refractivity contribution in [2.45, 2.75) is 33.8 Å². The van der Waals surface area contributed by atoms with Gasteiger partial charge in [-0.15, -0.1) is 0 Å². The van der Waals surface area contributed by atoms with Crippen LogP contribution >= 0.6 is 0 Å². The predicted octanol–water partition coefficient (Wildman–Crippen LogP) is 5.50. The molecule has 0 unspecified atom stereocenters. The van der Waals surface area contributed by atoms with E-state index < -0.39 is 11.8 Å². The van der Waals surface area contributed by atoms with Crippen LogP contribution in [0, 0.1) is 13.8 Å². The number of carbonyl (C=O) groups is 2. The maximum atomic E-state index is 13.7.